The summed E-state index contributed by atoms with van der Waals surface area (Å²) in [5.41, 5.74) is 0.748. The van der Waals surface area contributed by atoms with E-state index in [1.165, 1.54) is 24.9 Å². The summed E-state index contributed by atoms with van der Waals surface area (Å²) in [5, 5.41) is 23.5. The molecule has 6 aliphatic rings. The molecule has 3 aliphatic carbocycles. The second-order valence-electron chi connectivity index (χ2n) is 11.8. The molecule has 2 bridgehead atoms. The van der Waals surface area contributed by atoms with Crippen molar-refractivity contribution in [3.05, 3.63) is 52.6 Å². The zero-order valence-corrected chi connectivity index (χ0v) is 20.8. The lowest BCUT2D eigenvalue weighted by atomic mass is 9.48. The van der Waals surface area contributed by atoms with E-state index in [0.29, 0.717) is 48.7 Å². The largest absolute Gasteiger partial charge is 0.504 e. The molecule has 8 heteroatoms. The summed E-state index contributed by atoms with van der Waals surface area (Å²) in [4.78, 5) is 31.2. The van der Waals surface area contributed by atoms with Gasteiger partial charge in [-0.25, -0.2) is 0 Å². The summed E-state index contributed by atoms with van der Waals surface area (Å²) in [6.07, 6.45) is 4.13. The highest BCUT2D eigenvalue weighted by Gasteiger charge is 2.74. The first-order chi connectivity index (χ1) is 17.9. The number of methoxy groups -OCH3 is 1. The summed E-state index contributed by atoms with van der Waals surface area (Å²) >= 11 is 0. The van der Waals surface area contributed by atoms with Crippen LogP contribution in [0.2, 0.25) is 0 Å². The van der Waals surface area contributed by atoms with Gasteiger partial charge in [-0.2, -0.15) is 0 Å². The van der Waals surface area contributed by atoms with Gasteiger partial charge in [0.15, 0.2) is 11.5 Å². The van der Waals surface area contributed by atoms with Crippen LogP contribution in [-0.4, -0.2) is 75.8 Å². The van der Waals surface area contributed by atoms with Crippen molar-refractivity contribution in [2.45, 2.75) is 67.7 Å². The minimum atomic E-state index is -1.07. The molecule has 0 aromatic heterocycles. The van der Waals surface area contributed by atoms with E-state index in [0.717, 1.165) is 24.2 Å². The third-order valence-electron chi connectivity index (χ3n) is 10.2. The van der Waals surface area contributed by atoms with E-state index >= 15 is 0 Å². The molecule has 2 saturated carbocycles. The molecule has 2 aromatic carbocycles. The van der Waals surface area contributed by atoms with E-state index in [4.69, 9.17) is 9.47 Å². The Balaban J connectivity index is 1.27. The Labute approximate surface area is 214 Å². The number of fused-ring (bicyclic) bond motifs is 1. The van der Waals surface area contributed by atoms with Crippen LogP contribution in [0.3, 0.4) is 0 Å². The molecule has 2 amide bonds. The van der Waals surface area contributed by atoms with Gasteiger partial charge >= 0.3 is 0 Å². The quantitative estimate of drug-likeness (QED) is 0.620. The number of ether oxygens (including phenoxy) is 2. The Morgan fingerprint density at radius 2 is 1.95 bits per heavy atom. The summed E-state index contributed by atoms with van der Waals surface area (Å²) in [7, 11) is 1.49. The van der Waals surface area contributed by atoms with Crippen LogP contribution in [0, 0.1) is 5.92 Å². The van der Waals surface area contributed by atoms with Crippen molar-refractivity contribution in [2.75, 3.05) is 20.2 Å². The van der Waals surface area contributed by atoms with Crippen LogP contribution in [-0.2, 0) is 11.8 Å². The highest BCUT2D eigenvalue weighted by atomic mass is 16.5. The van der Waals surface area contributed by atoms with Gasteiger partial charge in [0.25, 0.3) is 11.8 Å². The number of rotatable bonds is 4. The second-order valence-corrected chi connectivity index (χ2v) is 11.8. The van der Waals surface area contributed by atoms with Crippen molar-refractivity contribution < 1.29 is 29.3 Å². The average Bonchev–Trinajstić information content (AvgIpc) is 3.58. The van der Waals surface area contributed by atoms with Gasteiger partial charge in [-0.05, 0) is 74.8 Å². The number of phenolic OH excluding ortho intramolecular Hbond substituents is 1. The molecule has 192 valence electrons. The third kappa shape index (κ3) is 2.51. The van der Waals surface area contributed by atoms with Crippen molar-refractivity contribution in [1.29, 1.82) is 0 Å². The zero-order valence-electron chi connectivity index (χ0n) is 20.8. The molecule has 3 fully saturated rings. The van der Waals surface area contributed by atoms with E-state index in [2.05, 4.69) is 4.90 Å². The molecule has 3 heterocycles. The van der Waals surface area contributed by atoms with Crippen LogP contribution >= 0.6 is 0 Å². The minimum absolute atomic E-state index is 0.0477. The van der Waals surface area contributed by atoms with Crippen molar-refractivity contribution in [3.63, 3.8) is 0 Å². The van der Waals surface area contributed by atoms with Gasteiger partial charge in [0, 0.05) is 18.2 Å². The van der Waals surface area contributed by atoms with Gasteiger partial charge < -0.3 is 19.7 Å². The highest BCUT2D eigenvalue weighted by Crippen LogP contribution is 2.66. The maximum atomic E-state index is 13.8. The maximum Gasteiger partial charge on any atom is 0.265 e. The third-order valence-corrected chi connectivity index (χ3v) is 10.2. The number of carbonyl (C=O) groups is 2. The van der Waals surface area contributed by atoms with E-state index in [1.807, 2.05) is 6.07 Å². The number of imide groups is 1. The van der Waals surface area contributed by atoms with Crippen LogP contribution in [0.25, 0.3) is 0 Å². The number of likely N-dealkylation sites (tertiary alicyclic amines) is 1. The average molecular weight is 503 g/mol. The molecule has 2 N–H and O–H groups in total. The molecule has 5 atom stereocenters. The molecule has 3 aliphatic heterocycles. The number of piperidine rings is 1. The molecule has 1 saturated heterocycles. The molecule has 37 heavy (non-hydrogen) atoms. The van der Waals surface area contributed by atoms with Crippen LogP contribution in [0.15, 0.2) is 30.3 Å². The van der Waals surface area contributed by atoms with Crippen molar-refractivity contribution in [2.24, 2.45) is 5.92 Å². The number of benzene rings is 2. The number of aromatic hydroxyl groups is 1. The van der Waals surface area contributed by atoms with Gasteiger partial charge in [0.1, 0.15) is 11.9 Å². The standard InChI is InChI=1S/C29H30N2O6/c1-36-20-4-2-3-17-22(20)27(34)31(26(17)33)18-9-10-29(35)21-13-16-7-8-19(32)24-23(16)28(29,25(18)37-24)11-12-30(21)14-15-5-6-15/h2-4,7-8,15,18,21,25,32,35H,5-6,9-14H2,1H3/t18-,21+,25+,28+,29-/m1/s1. The number of amides is 2. The maximum absolute atomic E-state index is 13.8. The monoisotopic (exact) mass is 502 g/mol. The summed E-state index contributed by atoms with van der Waals surface area (Å²) < 4.78 is 12.0. The number of hydrogen-bond acceptors (Lipinski definition) is 7. The van der Waals surface area contributed by atoms with E-state index < -0.39 is 23.2 Å². The van der Waals surface area contributed by atoms with Gasteiger partial charge in [0.2, 0.25) is 0 Å². The van der Waals surface area contributed by atoms with E-state index in [-0.39, 0.29) is 29.2 Å². The highest BCUT2D eigenvalue weighted by molar-refractivity contribution is 6.23. The van der Waals surface area contributed by atoms with Gasteiger partial charge in [-0.15, -0.1) is 0 Å². The zero-order chi connectivity index (χ0) is 25.3. The fourth-order valence-electron chi connectivity index (χ4n) is 8.46. The SMILES string of the molecule is COc1cccc2c1C(=O)N([C@@H]1CC[C@@]3(O)[C@@H]4Cc5ccc(O)c6c5[C@@]3(CCN4CC3CC3)[C@H]1O6)C2=O. The number of aliphatic hydroxyl groups is 1. The first kappa shape index (κ1) is 21.9. The number of carbonyl (C=O) groups excluding carboxylic acids is 2. The fourth-order valence-corrected chi connectivity index (χ4v) is 8.46. The van der Waals surface area contributed by atoms with E-state index in [1.54, 1.807) is 24.3 Å². The van der Waals surface area contributed by atoms with Crippen LogP contribution in [0.1, 0.15) is 63.9 Å². The number of hydrogen-bond donors (Lipinski definition) is 2. The topological polar surface area (TPSA) is 99.5 Å². The molecule has 1 spiro atoms. The van der Waals surface area contributed by atoms with Crippen LogP contribution < -0.4 is 9.47 Å². The molecule has 0 unspecified atom stereocenters. The van der Waals surface area contributed by atoms with Gasteiger partial charge in [-0.1, -0.05) is 12.1 Å². The molecular formula is C29H30N2O6. The minimum Gasteiger partial charge on any atom is -0.504 e. The van der Waals surface area contributed by atoms with Crippen LogP contribution in [0.5, 0.6) is 17.2 Å². The molecule has 2 aromatic rings. The predicted octanol–water partition coefficient (Wildman–Crippen LogP) is 2.63. The Morgan fingerprint density at radius 3 is 2.73 bits per heavy atom. The van der Waals surface area contributed by atoms with Gasteiger partial charge in [0.05, 0.1) is 35.3 Å². The molecular weight excluding hydrogens is 472 g/mol. The fraction of sp³-hybridized carbons (Fsp3) is 0.517. The molecule has 8 rings (SSSR count). The summed E-state index contributed by atoms with van der Waals surface area (Å²) in [5.74, 6) is 0.808. The molecule has 8 nitrogen and oxygen atoms in total. The first-order valence-electron chi connectivity index (χ1n) is 13.4. The smallest absolute Gasteiger partial charge is 0.265 e. The van der Waals surface area contributed by atoms with E-state index in [9.17, 15) is 19.8 Å². The lowest BCUT2D eigenvalue weighted by molar-refractivity contribution is -0.196. The summed E-state index contributed by atoms with van der Waals surface area (Å²) in [6, 6.07) is 8.10. The van der Waals surface area contributed by atoms with Crippen LogP contribution in [0.4, 0.5) is 0 Å². The Hall–Kier alpha value is -3.10. The summed E-state index contributed by atoms with van der Waals surface area (Å²) in [6.45, 7) is 1.82. The van der Waals surface area contributed by atoms with Gasteiger partial charge in [-0.3, -0.25) is 19.4 Å². The van der Waals surface area contributed by atoms with Crippen molar-refractivity contribution in [3.8, 4) is 17.2 Å². The first-order valence-corrected chi connectivity index (χ1v) is 13.4. The van der Waals surface area contributed by atoms with Crippen molar-refractivity contribution in [1.82, 2.24) is 9.80 Å². The number of phenols is 1. The predicted molar refractivity (Wildman–Crippen MR) is 132 cm³/mol. The number of nitrogens with zero attached hydrogens (tertiary/aromatic N) is 2. The normalized spacial score (nSPS) is 35.3. The Kier molecular flexibility index (Phi) is 4.18. The Bertz CT molecular complexity index is 1390. The Morgan fingerprint density at radius 1 is 1.11 bits per heavy atom. The lowest BCUT2D eigenvalue weighted by Gasteiger charge is -2.64. The second kappa shape index (κ2) is 7.05. The lowest BCUT2D eigenvalue weighted by Crippen LogP contribution is -2.78. The molecule has 0 radical (unpaired) electrons. The van der Waals surface area contributed by atoms with Crippen molar-refractivity contribution >= 4 is 11.8 Å².